The smallest absolute Gasteiger partial charge is 0.267 e. The molecule has 0 fully saturated rings. The number of benzene rings is 1. The third-order valence-corrected chi connectivity index (χ3v) is 3.30. The van der Waals surface area contributed by atoms with Crippen LogP contribution in [0.3, 0.4) is 0 Å². The largest absolute Gasteiger partial charge is 0.397 e. The summed E-state index contributed by atoms with van der Waals surface area (Å²) in [6, 6.07) is 5.62. The highest BCUT2D eigenvalue weighted by atomic mass is 35.5. The standard InChI is InChI=1S/C11H8ClFN2OS/c12-7-5-6(1-2-8(7)13)15-11(16)10-9(14)3-4-17-10/h1-5H,14H2,(H,15,16). The Hall–Kier alpha value is -1.59. The fourth-order valence-electron chi connectivity index (χ4n) is 1.27. The van der Waals surface area contributed by atoms with Crippen molar-refractivity contribution in [3.8, 4) is 0 Å². The Morgan fingerprint density at radius 2 is 2.18 bits per heavy atom. The minimum Gasteiger partial charge on any atom is -0.397 e. The van der Waals surface area contributed by atoms with Gasteiger partial charge in [-0.1, -0.05) is 11.6 Å². The van der Waals surface area contributed by atoms with Gasteiger partial charge in [0.2, 0.25) is 0 Å². The highest BCUT2D eigenvalue weighted by Gasteiger charge is 2.11. The van der Waals surface area contributed by atoms with Crippen molar-refractivity contribution in [3.63, 3.8) is 0 Å². The van der Waals surface area contributed by atoms with Crippen LogP contribution in [0.15, 0.2) is 29.6 Å². The van der Waals surface area contributed by atoms with Crippen LogP contribution in [0.2, 0.25) is 5.02 Å². The van der Waals surface area contributed by atoms with E-state index in [0.717, 1.165) is 0 Å². The van der Waals surface area contributed by atoms with Crippen LogP contribution in [0.25, 0.3) is 0 Å². The third-order valence-electron chi connectivity index (χ3n) is 2.08. The molecule has 0 aliphatic rings. The third kappa shape index (κ3) is 2.57. The lowest BCUT2D eigenvalue weighted by molar-refractivity contribution is 0.103. The maximum Gasteiger partial charge on any atom is 0.267 e. The lowest BCUT2D eigenvalue weighted by Gasteiger charge is -2.05. The van der Waals surface area contributed by atoms with Gasteiger partial charge in [0.1, 0.15) is 10.7 Å². The van der Waals surface area contributed by atoms with Crippen LogP contribution in [0, 0.1) is 5.82 Å². The number of nitrogen functional groups attached to an aromatic ring is 1. The summed E-state index contributed by atoms with van der Waals surface area (Å²) in [4.78, 5) is 12.2. The first kappa shape index (κ1) is 11.9. The number of carbonyl (C=O) groups is 1. The minimum atomic E-state index is -0.527. The normalized spacial score (nSPS) is 10.2. The van der Waals surface area contributed by atoms with Crippen molar-refractivity contribution in [2.45, 2.75) is 0 Å². The van der Waals surface area contributed by atoms with Gasteiger partial charge < -0.3 is 11.1 Å². The average Bonchev–Trinajstić information content (AvgIpc) is 2.70. The molecule has 0 spiro atoms. The molecule has 0 aliphatic carbocycles. The molecule has 0 aliphatic heterocycles. The number of anilines is 2. The number of halogens is 2. The van der Waals surface area contributed by atoms with Crippen LogP contribution in [-0.2, 0) is 0 Å². The Kier molecular flexibility index (Phi) is 3.31. The van der Waals surface area contributed by atoms with Gasteiger partial charge in [-0.25, -0.2) is 4.39 Å². The Morgan fingerprint density at radius 1 is 1.41 bits per heavy atom. The van der Waals surface area contributed by atoms with Crippen molar-refractivity contribution in [1.29, 1.82) is 0 Å². The molecule has 3 nitrogen and oxygen atoms in total. The molecule has 0 saturated carbocycles. The molecular weight excluding hydrogens is 263 g/mol. The number of nitrogens with two attached hydrogens (primary N) is 1. The number of carbonyl (C=O) groups excluding carboxylic acids is 1. The molecule has 6 heteroatoms. The summed E-state index contributed by atoms with van der Waals surface area (Å²) < 4.78 is 12.9. The van der Waals surface area contributed by atoms with Crippen molar-refractivity contribution in [2.24, 2.45) is 0 Å². The molecule has 1 amide bonds. The molecule has 0 unspecified atom stereocenters. The van der Waals surface area contributed by atoms with Crippen LogP contribution in [0.4, 0.5) is 15.8 Å². The summed E-state index contributed by atoms with van der Waals surface area (Å²) in [5.41, 5.74) is 6.46. The number of rotatable bonds is 2. The van der Waals surface area contributed by atoms with E-state index in [1.54, 1.807) is 11.4 Å². The second-order valence-electron chi connectivity index (χ2n) is 3.29. The van der Waals surface area contributed by atoms with E-state index in [2.05, 4.69) is 5.32 Å². The molecule has 1 aromatic heterocycles. The summed E-state index contributed by atoms with van der Waals surface area (Å²) in [6.45, 7) is 0. The van der Waals surface area contributed by atoms with E-state index in [0.29, 0.717) is 16.3 Å². The van der Waals surface area contributed by atoms with Gasteiger partial charge in [0.25, 0.3) is 5.91 Å². The molecule has 1 heterocycles. The lowest BCUT2D eigenvalue weighted by atomic mass is 10.3. The number of amides is 1. The second kappa shape index (κ2) is 4.73. The molecule has 0 saturated heterocycles. The first-order chi connectivity index (χ1) is 8.08. The minimum absolute atomic E-state index is 0.0399. The van der Waals surface area contributed by atoms with Crippen molar-refractivity contribution >= 4 is 40.2 Å². The maximum absolute atomic E-state index is 12.9. The summed E-state index contributed by atoms with van der Waals surface area (Å²) in [6.07, 6.45) is 0. The number of hydrogen-bond acceptors (Lipinski definition) is 3. The fourth-order valence-corrected chi connectivity index (χ4v) is 2.16. The molecule has 2 rings (SSSR count). The van der Waals surface area contributed by atoms with E-state index in [4.69, 9.17) is 17.3 Å². The second-order valence-corrected chi connectivity index (χ2v) is 4.61. The van der Waals surface area contributed by atoms with Gasteiger partial charge >= 0.3 is 0 Å². The van der Waals surface area contributed by atoms with E-state index >= 15 is 0 Å². The van der Waals surface area contributed by atoms with Crippen molar-refractivity contribution in [2.75, 3.05) is 11.1 Å². The fraction of sp³-hybridized carbons (Fsp3) is 0. The van der Waals surface area contributed by atoms with Crippen LogP contribution in [0.1, 0.15) is 9.67 Å². The molecule has 0 atom stereocenters. The van der Waals surface area contributed by atoms with Gasteiger partial charge in [-0.2, -0.15) is 0 Å². The van der Waals surface area contributed by atoms with E-state index in [1.807, 2.05) is 0 Å². The number of thiophene rings is 1. The molecule has 0 radical (unpaired) electrons. The Morgan fingerprint density at radius 3 is 2.76 bits per heavy atom. The zero-order valence-electron chi connectivity index (χ0n) is 8.54. The van der Waals surface area contributed by atoms with E-state index < -0.39 is 5.82 Å². The van der Waals surface area contributed by atoms with E-state index in [9.17, 15) is 9.18 Å². The van der Waals surface area contributed by atoms with E-state index in [-0.39, 0.29) is 10.9 Å². The van der Waals surface area contributed by atoms with Crippen molar-refractivity contribution < 1.29 is 9.18 Å². The summed E-state index contributed by atoms with van der Waals surface area (Å²) >= 11 is 6.85. The SMILES string of the molecule is Nc1ccsc1C(=O)Nc1ccc(F)c(Cl)c1. The van der Waals surface area contributed by atoms with Gasteiger partial charge in [-0.3, -0.25) is 4.79 Å². The maximum atomic E-state index is 12.9. The first-order valence-corrected chi connectivity index (χ1v) is 5.93. The molecule has 0 bridgehead atoms. The number of hydrogen-bond donors (Lipinski definition) is 2. The molecule has 2 aromatic rings. The predicted octanol–water partition coefficient (Wildman–Crippen LogP) is 3.38. The van der Waals surface area contributed by atoms with Crippen molar-refractivity contribution in [1.82, 2.24) is 0 Å². The zero-order valence-corrected chi connectivity index (χ0v) is 10.1. The molecule has 1 aromatic carbocycles. The lowest BCUT2D eigenvalue weighted by Crippen LogP contribution is -2.11. The summed E-state index contributed by atoms with van der Waals surface area (Å²) in [7, 11) is 0. The topological polar surface area (TPSA) is 55.1 Å². The molecule has 88 valence electrons. The Labute approximate surface area is 106 Å². The van der Waals surface area contributed by atoms with Gasteiger partial charge in [0, 0.05) is 5.69 Å². The molecular formula is C11H8ClFN2OS. The quantitative estimate of drug-likeness (QED) is 0.879. The van der Waals surface area contributed by atoms with Gasteiger partial charge in [0.15, 0.2) is 0 Å². The monoisotopic (exact) mass is 270 g/mol. The van der Waals surface area contributed by atoms with Gasteiger partial charge in [-0.15, -0.1) is 11.3 Å². The highest BCUT2D eigenvalue weighted by Crippen LogP contribution is 2.23. The predicted molar refractivity (Wildman–Crippen MR) is 68.1 cm³/mol. The number of nitrogens with one attached hydrogen (secondary N) is 1. The van der Waals surface area contributed by atoms with Crippen LogP contribution >= 0.6 is 22.9 Å². The van der Waals surface area contributed by atoms with E-state index in [1.165, 1.54) is 29.5 Å². The summed E-state index contributed by atoms with van der Waals surface area (Å²) in [5, 5.41) is 4.28. The van der Waals surface area contributed by atoms with Crippen LogP contribution in [0.5, 0.6) is 0 Å². The van der Waals surface area contributed by atoms with Crippen LogP contribution < -0.4 is 11.1 Å². The van der Waals surface area contributed by atoms with Crippen LogP contribution in [-0.4, -0.2) is 5.91 Å². The molecule has 17 heavy (non-hydrogen) atoms. The first-order valence-electron chi connectivity index (χ1n) is 4.67. The Bertz CT molecular complexity index is 570. The highest BCUT2D eigenvalue weighted by molar-refractivity contribution is 7.12. The Balaban J connectivity index is 2.19. The average molecular weight is 271 g/mol. The molecule has 3 N–H and O–H groups in total. The van der Waals surface area contributed by atoms with Gasteiger partial charge in [0.05, 0.1) is 10.7 Å². The van der Waals surface area contributed by atoms with Gasteiger partial charge in [-0.05, 0) is 29.6 Å². The zero-order chi connectivity index (χ0) is 12.4. The van der Waals surface area contributed by atoms with Crippen molar-refractivity contribution in [3.05, 3.63) is 45.4 Å². The summed E-state index contributed by atoms with van der Waals surface area (Å²) in [5.74, 6) is -0.861.